The van der Waals surface area contributed by atoms with E-state index >= 15 is 0 Å². The fourth-order valence-corrected chi connectivity index (χ4v) is 2.55. The second-order valence-corrected chi connectivity index (χ2v) is 5.91. The summed E-state index contributed by atoms with van der Waals surface area (Å²) < 4.78 is 6.21. The molecular formula is C13H18BrNO3S. The second kappa shape index (κ2) is 8.45. The molecule has 0 amide bonds. The van der Waals surface area contributed by atoms with E-state index in [1.165, 1.54) is 0 Å². The quantitative estimate of drug-likeness (QED) is 0.757. The molecule has 0 aromatic heterocycles. The summed E-state index contributed by atoms with van der Waals surface area (Å²) in [6.07, 6.45) is 2.57. The van der Waals surface area contributed by atoms with Gasteiger partial charge in [0.05, 0.1) is 7.11 Å². The largest absolute Gasteiger partial charge is 0.496 e. The standard InChI is InChI=1S/C13H18BrNO3S/c1-18-12-4-3-10(14)7-9(12)8-15-11(13(16)17)5-6-19-2/h3-4,7,11,15H,5-6,8H2,1-2H3,(H,16,17). The monoisotopic (exact) mass is 347 g/mol. The zero-order valence-electron chi connectivity index (χ0n) is 11.0. The van der Waals surface area contributed by atoms with Crippen LogP contribution < -0.4 is 10.1 Å². The topological polar surface area (TPSA) is 58.6 Å². The maximum Gasteiger partial charge on any atom is 0.320 e. The average Bonchev–Trinajstić information content (AvgIpc) is 2.38. The molecule has 1 rings (SSSR count). The van der Waals surface area contributed by atoms with Crippen LogP contribution in [0.5, 0.6) is 5.75 Å². The molecule has 0 heterocycles. The van der Waals surface area contributed by atoms with Crippen LogP contribution in [-0.2, 0) is 11.3 Å². The fraction of sp³-hybridized carbons (Fsp3) is 0.462. The summed E-state index contributed by atoms with van der Waals surface area (Å²) in [6, 6.07) is 5.15. The van der Waals surface area contributed by atoms with Gasteiger partial charge >= 0.3 is 5.97 Å². The van der Waals surface area contributed by atoms with Crippen molar-refractivity contribution in [3.05, 3.63) is 28.2 Å². The van der Waals surface area contributed by atoms with Gasteiger partial charge in [-0.25, -0.2) is 0 Å². The molecule has 0 bridgehead atoms. The lowest BCUT2D eigenvalue weighted by atomic mass is 10.1. The molecule has 0 saturated carbocycles. The average molecular weight is 348 g/mol. The molecule has 2 N–H and O–H groups in total. The number of carboxylic acids is 1. The minimum absolute atomic E-state index is 0.466. The Morgan fingerprint density at radius 2 is 2.32 bits per heavy atom. The maximum atomic E-state index is 11.1. The van der Waals surface area contributed by atoms with E-state index in [4.69, 9.17) is 9.84 Å². The third-order valence-electron chi connectivity index (χ3n) is 2.69. The lowest BCUT2D eigenvalue weighted by Gasteiger charge is -2.15. The van der Waals surface area contributed by atoms with Crippen molar-refractivity contribution < 1.29 is 14.6 Å². The first-order chi connectivity index (χ1) is 9.08. The highest BCUT2D eigenvalue weighted by Crippen LogP contribution is 2.23. The van der Waals surface area contributed by atoms with Crippen LogP contribution in [0, 0.1) is 0 Å². The number of benzene rings is 1. The van der Waals surface area contributed by atoms with Crippen molar-refractivity contribution >= 4 is 33.7 Å². The van der Waals surface area contributed by atoms with Gasteiger partial charge in [-0.2, -0.15) is 11.8 Å². The summed E-state index contributed by atoms with van der Waals surface area (Å²) >= 11 is 5.04. The fourth-order valence-electron chi connectivity index (χ4n) is 1.67. The van der Waals surface area contributed by atoms with Crippen LogP contribution in [0.25, 0.3) is 0 Å². The van der Waals surface area contributed by atoms with Gasteiger partial charge in [0, 0.05) is 16.6 Å². The van der Waals surface area contributed by atoms with Gasteiger partial charge in [0.15, 0.2) is 0 Å². The molecule has 0 spiro atoms. The Morgan fingerprint density at radius 1 is 1.58 bits per heavy atom. The SMILES string of the molecule is COc1ccc(Br)cc1CNC(CCSC)C(=O)O. The lowest BCUT2D eigenvalue weighted by Crippen LogP contribution is -2.36. The molecule has 6 heteroatoms. The van der Waals surface area contributed by atoms with Crippen LogP contribution in [0.3, 0.4) is 0 Å². The molecular weight excluding hydrogens is 330 g/mol. The number of aliphatic carboxylic acids is 1. The van der Waals surface area contributed by atoms with Crippen LogP contribution in [0.2, 0.25) is 0 Å². The van der Waals surface area contributed by atoms with E-state index in [0.29, 0.717) is 13.0 Å². The number of hydrogen-bond acceptors (Lipinski definition) is 4. The van der Waals surface area contributed by atoms with Crippen molar-refractivity contribution in [2.75, 3.05) is 19.1 Å². The number of methoxy groups -OCH3 is 1. The Morgan fingerprint density at radius 3 is 2.89 bits per heavy atom. The molecule has 0 radical (unpaired) electrons. The predicted molar refractivity (Wildman–Crippen MR) is 82.0 cm³/mol. The van der Waals surface area contributed by atoms with E-state index in [1.54, 1.807) is 18.9 Å². The minimum atomic E-state index is -0.817. The molecule has 1 aromatic rings. The van der Waals surface area contributed by atoms with E-state index in [0.717, 1.165) is 21.5 Å². The van der Waals surface area contributed by atoms with Crippen molar-refractivity contribution in [3.63, 3.8) is 0 Å². The second-order valence-electron chi connectivity index (χ2n) is 4.01. The highest BCUT2D eigenvalue weighted by molar-refractivity contribution is 9.10. The smallest absolute Gasteiger partial charge is 0.320 e. The van der Waals surface area contributed by atoms with Crippen molar-refractivity contribution in [3.8, 4) is 5.75 Å². The van der Waals surface area contributed by atoms with Crippen molar-refractivity contribution in [2.24, 2.45) is 0 Å². The predicted octanol–water partition coefficient (Wildman–Crippen LogP) is 2.75. The third-order valence-corrected chi connectivity index (χ3v) is 3.83. The van der Waals surface area contributed by atoms with Crippen LogP contribution >= 0.6 is 27.7 Å². The van der Waals surface area contributed by atoms with E-state index < -0.39 is 12.0 Å². The molecule has 0 fully saturated rings. The van der Waals surface area contributed by atoms with Crippen LogP contribution in [0.1, 0.15) is 12.0 Å². The van der Waals surface area contributed by atoms with Crippen LogP contribution in [0.4, 0.5) is 0 Å². The number of carboxylic acid groups (broad SMARTS) is 1. The Kier molecular flexibility index (Phi) is 7.27. The van der Waals surface area contributed by atoms with Crippen molar-refractivity contribution in [1.82, 2.24) is 5.32 Å². The Labute approximate surface area is 126 Å². The Balaban J connectivity index is 2.67. The number of hydrogen-bond donors (Lipinski definition) is 2. The van der Waals surface area contributed by atoms with E-state index in [1.807, 2.05) is 24.5 Å². The lowest BCUT2D eigenvalue weighted by molar-refractivity contribution is -0.139. The van der Waals surface area contributed by atoms with E-state index in [-0.39, 0.29) is 0 Å². The van der Waals surface area contributed by atoms with E-state index in [2.05, 4.69) is 21.2 Å². The van der Waals surface area contributed by atoms with E-state index in [9.17, 15) is 4.79 Å². The Hall–Kier alpha value is -0.720. The van der Waals surface area contributed by atoms with Gasteiger partial charge in [-0.15, -0.1) is 0 Å². The molecule has 1 atom stereocenters. The number of thioether (sulfide) groups is 1. The summed E-state index contributed by atoms with van der Waals surface area (Å²) in [7, 11) is 1.61. The molecule has 106 valence electrons. The van der Waals surface area contributed by atoms with Gasteiger partial charge in [-0.1, -0.05) is 15.9 Å². The third kappa shape index (κ3) is 5.42. The number of ether oxygens (including phenoxy) is 1. The van der Waals surface area contributed by atoms with Crippen LogP contribution in [0.15, 0.2) is 22.7 Å². The number of carbonyl (C=O) groups is 1. The van der Waals surface area contributed by atoms with Gasteiger partial charge in [-0.05, 0) is 36.6 Å². The van der Waals surface area contributed by atoms with Gasteiger partial charge in [0.25, 0.3) is 0 Å². The Bertz CT molecular complexity index is 428. The molecule has 0 aliphatic carbocycles. The molecule has 0 aliphatic rings. The normalized spacial score (nSPS) is 12.2. The first kappa shape index (κ1) is 16.3. The van der Waals surface area contributed by atoms with Gasteiger partial charge in [0.1, 0.15) is 11.8 Å². The highest BCUT2D eigenvalue weighted by atomic mass is 79.9. The highest BCUT2D eigenvalue weighted by Gasteiger charge is 2.16. The summed E-state index contributed by atoms with van der Waals surface area (Å²) in [4.78, 5) is 11.1. The molecule has 1 aromatic carbocycles. The first-order valence-corrected chi connectivity index (χ1v) is 8.04. The zero-order valence-corrected chi connectivity index (χ0v) is 13.4. The molecule has 19 heavy (non-hydrogen) atoms. The number of rotatable bonds is 8. The van der Waals surface area contributed by atoms with Crippen molar-refractivity contribution in [2.45, 2.75) is 19.0 Å². The molecule has 1 unspecified atom stereocenters. The van der Waals surface area contributed by atoms with Gasteiger partial charge in [0.2, 0.25) is 0 Å². The van der Waals surface area contributed by atoms with Gasteiger partial charge in [-0.3, -0.25) is 4.79 Å². The zero-order chi connectivity index (χ0) is 14.3. The molecule has 0 saturated heterocycles. The first-order valence-electron chi connectivity index (χ1n) is 5.86. The maximum absolute atomic E-state index is 11.1. The van der Waals surface area contributed by atoms with Gasteiger partial charge < -0.3 is 15.2 Å². The number of halogens is 1. The number of nitrogens with one attached hydrogen (secondary N) is 1. The van der Waals surface area contributed by atoms with Crippen LogP contribution in [-0.4, -0.2) is 36.2 Å². The summed E-state index contributed by atoms with van der Waals surface area (Å²) in [5, 5.41) is 12.2. The minimum Gasteiger partial charge on any atom is -0.496 e. The van der Waals surface area contributed by atoms with Crippen molar-refractivity contribution in [1.29, 1.82) is 0 Å². The molecule has 4 nitrogen and oxygen atoms in total. The summed E-state index contributed by atoms with van der Waals surface area (Å²) in [6.45, 7) is 0.466. The summed E-state index contributed by atoms with van der Waals surface area (Å²) in [5.74, 6) is 0.757. The summed E-state index contributed by atoms with van der Waals surface area (Å²) in [5.41, 5.74) is 0.937. The molecule has 0 aliphatic heterocycles.